The Hall–Kier alpha value is -0.820. The number of hydrogen-bond donors (Lipinski definition) is 1. The molecule has 0 heterocycles. The van der Waals surface area contributed by atoms with Crippen LogP contribution >= 0.6 is 0 Å². The lowest BCUT2D eigenvalue weighted by Crippen LogP contribution is -2.43. The highest BCUT2D eigenvalue weighted by Crippen LogP contribution is 2.46. The third-order valence-corrected chi connectivity index (χ3v) is 5.20. The molecule has 0 saturated heterocycles. The first kappa shape index (κ1) is 18.2. The molecule has 1 heteroatoms. The third kappa shape index (κ3) is 3.51. The van der Waals surface area contributed by atoms with Crippen molar-refractivity contribution >= 4 is 0 Å². The van der Waals surface area contributed by atoms with E-state index in [1.807, 2.05) is 0 Å². The first-order chi connectivity index (χ1) is 9.78. The van der Waals surface area contributed by atoms with Crippen LogP contribution in [0.5, 0.6) is 0 Å². The van der Waals surface area contributed by atoms with Gasteiger partial charge in [0.05, 0.1) is 6.10 Å². The van der Waals surface area contributed by atoms with Gasteiger partial charge >= 0.3 is 0 Å². The van der Waals surface area contributed by atoms with Gasteiger partial charge in [0, 0.05) is 5.41 Å². The Morgan fingerprint density at radius 1 is 0.952 bits per heavy atom. The summed E-state index contributed by atoms with van der Waals surface area (Å²) in [6.45, 7) is 16.1. The van der Waals surface area contributed by atoms with Crippen molar-refractivity contribution in [2.75, 3.05) is 0 Å². The summed E-state index contributed by atoms with van der Waals surface area (Å²) >= 11 is 0. The average Bonchev–Trinajstić information content (AvgIpc) is 2.38. The molecule has 0 aliphatic carbocycles. The van der Waals surface area contributed by atoms with Crippen molar-refractivity contribution in [2.45, 2.75) is 72.8 Å². The maximum absolute atomic E-state index is 10.3. The number of hydrogen-bond acceptors (Lipinski definition) is 1. The molecule has 0 saturated carbocycles. The predicted molar refractivity (Wildman–Crippen MR) is 92.5 cm³/mol. The van der Waals surface area contributed by atoms with Crippen LogP contribution in [-0.2, 0) is 5.41 Å². The average molecular weight is 290 g/mol. The van der Waals surface area contributed by atoms with E-state index in [9.17, 15) is 5.11 Å². The molecule has 21 heavy (non-hydrogen) atoms. The molecule has 1 nitrogen and oxygen atoms in total. The smallest absolute Gasteiger partial charge is 0.0790 e. The SMILES string of the molecule is CCCC(O)c1cccc(C(C(C)C)(C(C)C)C(C)C)c1. The zero-order valence-electron chi connectivity index (χ0n) is 15.0. The van der Waals surface area contributed by atoms with E-state index < -0.39 is 0 Å². The molecule has 0 radical (unpaired) electrons. The normalized spacial score (nSPS) is 14.2. The second-order valence-electron chi connectivity index (χ2n) is 7.33. The van der Waals surface area contributed by atoms with E-state index in [1.165, 1.54) is 5.56 Å². The minimum Gasteiger partial charge on any atom is -0.388 e. The van der Waals surface area contributed by atoms with Gasteiger partial charge in [-0.2, -0.15) is 0 Å². The van der Waals surface area contributed by atoms with E-state index >= 15 is 0 Å². The van der Waals surface area contributed by atoms with E-state index in [4.69, 9.17) is 0 Å². The number of rotatable bonds is 7. The minimum atomic E-state index is -0.334. The summed E-state index contributed by atoms with van der Waals surface area (Å²) in [7, 11) is 0. The zero-order valence-corrected chi connectivity index (χ0v) is 15.0. The highest BCUT2D eigenvalue weighted by Gasteiger charge is 2.41. The molecule has 0 fully saturated rings. The molecule has 120 valence electrons. The fourth-order valence-corrected chi connectivity index (χ4v) is 4.46. The summed E-state index contributed by atoms with van der Waals surface area (Å²) in [6, 6.07) is 8.68. The monoisotopic (exact) mass is 290 g/mol. The Morgan fingerprint density at radius 3 is 1.90 bits per heavy atom. The Bertz CT molecular complexity index is 409. The van der Waals surface area contributed by atoms with Gasteiger partial charge in [0.1, 0.15) is 0 Å². The van der Waals surface area contributed by atoms with Crippen LogP contribution in [0.25, 0.3) is 0 Å². The van der Waals surface area contributed by atoms with E-state index in [0.29, 0.717) is 17.8 Å². The lowest BCUT2D eigenvalue weighted by atomic mass is 9.58. The second kappa shape index (κ2) is 7.45. The van der Waals surface area contributed by atoms with Crippen molar-refractivity contribution in [1.82, 2.24) is 0 Å². The quantitative estimate of drug-likeness (QED) is 0.680. The van der Waals surface area contributed by atoms with Crippen molar-refractivity contribution in [1.29, 1.82) is 0 Å². The molecule has 1 rings (SSSR count). The van der Waals surface area contributed by atoms with Crippen LogP contribution in [0.15, 0.2) is 24.3 Å². The fraction of sp³-hybridized carbons (Fsp3) is 0.700. The van der Waals surface area contributed by atoms with Gasteiger partial charge in [0.25, 0.3) is 0 Å². The lowest BCUT2D eigenvalue weighted by molar-refractivity contribution is 0.145. The van der Waals surface area contributed by atoms with Gasteiger partial charge in [0.2, 0.25) is 0 Å². The Balaban J connectivity index is 3.36. The molecule has 1 atom stereocenters. The first-order valence-electron chi connectivity index (χ1n) is 8.56. The van der Waals surface area contributed by atoms with Gasteiger partial charge in [-0.15, -0.1) is 0 Å². The number of benzene rings is 1. The first-order valence-corrected chi connectivity index (χ1v) is 8.56. The predicted octanol–water partition coefficient (Wildman–Crippen LogP) is 5.73. The van der Waals surface area contributed by atoms with Crippen LogP contribution in [0, 0.1) is 17.8 Å². The largest absolute Gasteiger partial charge is 0.388 e. The molecule has 1 aromatic rings. The van der Waals surface area contributed by atoms with Gasteiger partial charge in [-0.3, -0.25) is 0 Å². The molecule has 1 N–H and O–H groups in total. The van der Waals surface area contributed by atoms with Gasteiger partial charge in [-0.25, -0.2) is 0 Å². The van der Waals surface area contributed by atoms with Crippen LogP contribution in [0.3, 0.4) is 0 Å². The molecule has 0 aliphatic rings. The van der Waals surface area contributed by atoms with Crippen LogP contribution in [0.4, 0.5) is 0 Å². The number of aliphatic hydroxyl groups excluding tert-OH is 1. The van der Waals surface area contributed by atoms with E-state index in [0.717, 1.165) is 18.4 Å². The van der Waals surface area contributed by atoms with E-state index in [1.54, 1.807) is 0 Å². The van der Waals surface area contributed by atoms with Gasteiger partial charge in [-0.05, 0) is 35.3 Å². The standard InChI is InChI=1S/C20H34O/c1-8-10-19(21)17-11-9-12-18(13-17)20(14(2)3,15(4)5)16(6)7/h9,11-16,19,21H,8,10H2,1-7H3. The summed E-state index contributed by atoms with van der Waals surface area (Å²) in [6.07, 6.45) is 1.51. The molecular weight excluding hydrogens is 256 g/mol. The van der Waals surface area contributed by atoms with Crippen LogP contribution in [-0.4, -0.2) is 5.11 Å². The maximum atomic E-state index is 10.3. The highest BCUT2D eigenvalue weighted by molar-refractivity contribution is 5.33. The summed E-state index contributed by atoms with van der Waals surface area (Å²) in [5.74, 6) is 1.70. The fourth-order valence-electron chi connectivity index (χ4n) is 4.46. The summed E-state index contributed by atoms with van der Waals surface area (Å²) in [5, 5.41) is 10.3. The molecule has 0 amide bonds. The van der Waals surface area contributed by atoms with Gasteiger partial charge < -0.3 is 5.11 Å². The molecule has 0 spiro atoms. The molecule has 0 aromatic heterocycles. The molecule has 0 aliphatic heterocycles. The molecule has 0 bridgehead atoms. The second-order valence-corrected chi connectivity index (χ2v) is 7.33. The summed E-state index contributed by atoms with van der Waals surface area (Å²) in [4.78, 5) is 0. The Morgan fingerprint density at radius 2 is 1.48 bits per heavy atom. The molecule has 1 unspecified atom stereocenters. The third-order valence-electron chi connectivity index (χ3n) is 5.20. The van der Waals surface area contributed by atoms with Gasteiger partial charge in [0.15, 0.2) is 0 Å². The van der Waals surface area contributed by atoms with Crippen LogP contribution in [0.1, 0.15) is 78.5 Å². The van der Waals surface area contributed by atoms with Crippen molar-refractivity contribution < 1.29 is 5.11 Å². The number of aliphatic hydroxyl groups is 1. The van der Waals surface area contributed by atoms with Crippen LogP contribution in [0.2, 0.25) is 0 Å². The van der Waals surface area contributed by atoms with E-state index in [2.05, 4.69) is 72.7 Å². The lowest BCUT2D eigenvalue weighted by Gasteiger charge is -2.46. The molecular formula is C20H34O. The zero-order chi connectivity index (χ0) is 16.2. The van der Waals surface area contributed by atoms with Crippen molar-refractivity contribution in [3.8, 4) is 0 Å². The topological polar surface area (TPSA) is 20.2 Å². The van der Waals surface area contributed by atoms with Crippen molar-refractivity contribution in [2.24, 2.45) is 17.8 Å². The Labute approximate surface area is 131 Å². The summed E-state index contributed by atoms with van der Waals surface area (Å²) < 4.78 is 0. The van der Waals surface area contributed by atoms with Crippen LogP contribution < -0.4 is 0 Å². The van der Waals surface area contributed by atoms with Gasteiger partial charge in [-0.1, -0.05) is 79.2 Å². The Kier molecular flexibility index (Phi) is 6.46. The molecule has 1 aromatic carbocycles. The minimum absolute atomic E-state index is 0.155. The maximum Gasteiger partial charge on any atom is 0.0790 e. The summed E-state index contributed by atoms with van der Waals surface area (Å²) in [5.41, 5.74) is 2.61. The van der Waals surface area contributed by atoms with Crippen molar-refractivity contribution in [3.63, 3.8) is 0 Å². The van der Waals surface area contributed by atoms with Crippen molar-refractivity contribution in [3.05, 3.63) is 35.4 Å². The highest BCUT2D eigenvalue weighted by atomic mass is 16.3. The van der Waals surface area contributed by atoms with E-state index in [-0.39, 0.29) is 11.5 Å².